The summed E-state index contributed by atoms with van der Waals surface area (Å²) in [5, 5.41) is 0. The number of ether oxygens (including phenoxy) is 1. The average Bonchev–Trinajstić information content (AvgIpc) is 2.21. The Labute approximate surface area is 84.6 Å². The highest BCUT2D eigenvalue weighted by Gasteiger charge is 1.92. The molecule has 0 radical (unpaired) electrons. The van der Waals surface area contributed by atoms with Crippen molar-refractivity contribution in [1.29, 1.82) is 0 Å². The largest absolute Gasteiger partial charge is 0.478 e. The van der Waals surface area contributed by atoms with E-state index in [1.165, 1.54) is 0 Å². The molecule has 1 rings (SSSR count). The van der Waals surface area contributed by atoms with Crippen molar-refractivity contribution in [2.45, 2.75) is 13.3 Å². The van der Waals surface area contributed by atoms with Gasteiger partial charge in [0.05, 0.1) is 6.61 Å². The second kappa shape index (κ2) is 6.16. The van der Waals surface area contributed by atoms with E-state index in [0.717, 1.165) is 12.0 Å². The lowest BCUT2D eigenvalue weighted by Gasteiger charge is -2.00. The summed E-state index contributed by atoms with van der Waals surface area (Å²) in [4.78, 5) is 4.14. The lowest BCUT2D eigenvalue weighted by molar-refractivity contribution is 0.327. The van der Waals surface area contributed by atoms with E-state index in [1.807, 2.05) is 31.2 Å². The molecule has 0 saturated heterocycles. The molecule has 0 amide bonds. The van der Waals surface area contributed by atoms with Crippen LogP contribution in [0, 0.1) is 0 Å². The van der Waals surface area contributed by atoms with Crippen molar-refractivity contribution in [2.75, 3.05) is 13.2 Å². The van der Waals surface area contributed by atoms with Crippen LogP contribution >= 0.6 is 0 Å². The lowest BCUT2D eigenvalue weighted by atomic mass is 10.2. The van der Waals surface area contributed by atoms with Crippen LogP contribution in [0.15, 0.2) is 24.4 Å². The first-order valence-electron chi connectivity index (χ1n) is 4.82. The third-order valence-electron chi connectivity index (χ3n) is 1.70. The van der Waals surface area contributed by atoms with Crippen molar-refractivity contribution in [3.63, 3.8) is 0 Å². The third-order valence-corrected chi connectivity index (χ3v) is 1.70. The molecular weight excluding hydrogens is 176 g/mol. The fourth-order valence-electron chi connectivity index (χ4n) is 1.04. The van der Waals surface area contributed by atoms with E-state index in [4.69, 9.17) is 10.5 Å². The minimum Gasteiger partial charge on any atom is -0.478 e. The number of hydrogen-bond acceptors (Lipinski definition) is 3. The SMILES string of the molecule is CCOc1ccc(C=CCCN)cn1. The van der Waals surface area contributed by atoms with Gasteiger partial charge >= 0.3 is 0 Å². The zero-order valence-electron chi connectivity index (χ0n) is 8.44. The van der Waals surface area contributed by atoms with E-state index in [2.05, 4.69) is 4.98 Å². The average molecular weight is 192 g/mol. The Bertz CT molecular complexity index is 280. The van der Waals surface area contributed by atoms with Gasteiger partial charge < -0.3 is 10.5 Å². The second-order valence-corrected chi connectivity index (χ2v) is 2.84. The molecule has 1 aromatic rings. The first-order valence-corrected chi connectivity index (χ1v) is 4.82. The van der Waals surface area contributed by atoms with Gasteiger partial charge in [-0.15, -0.1) is 0 Å². The van der Waals surface area contributed by atoms with E-state index in [1.54, 1.807) is 6.20 Å². The number of hydrogen-bond donors (Lipinski definition) is 1. The minimum absolute atomic E-state index is 0.648. The monoisotopic (exact) mass is 192 g/mol. The summed E-state index contributed by atoms with van der Waals surface area (Å²) in [6, 6.07) is 3.84. The van der Waals surface area contributed by atoms with E-state index in [0.29, 0.717) is 19.0 Å². The molecule has 0 saturated carbocycles. The first-order chi connectivity index (χ1) is 6.86. The van der Waals surface area contributed by atoms with Gasteiger partial charge in [-0.05, 0) is 31.5 Å². The zero-order chi connectivity index (χ0) is 10.2. The lowest BCUT2D eigenvalue weighted by Crippen LogP contribution is -1.95. The molecule has 0 spiro atoms. The number of pyridine rings is 1. The molecule has 0 fully saturated rings. The standard InChI is InChI=1S/C11H16N2O/c1-2-14-11-7-6-10(9-13-11)5-3-4-8-12/h3,5-7,9H,2,4,8,12H2,1H3. The highest BCUT2D eigenvalue weighted by Crippen LogP contribution is 2.08. The molecule has 3 nitrogen and oxygen atoms in total. The Kier molecular flexibility index (Phi) is 4.72. The molecule has 0 bridgehead atoms. The van der Waals surface area contributed by atoms with Crippen LogP contribution in [0.1, 0.15) is 18.9 Å². The summed E-state index contributed by atoms with van der Waals surface area (Å²) in [6.07, 6.45) is 6.73. The van der Waals surface area contributed by atoms with Crippen molar-refractivity contribution in [3.05, 3.63) is 30.0 Å². The maximum absolute atomic E-state index is 5.37. The summed E-state index contributed by atoms with van der Waals surface area (Å²) in [6.45, 7) is 3.27. The Hall–Kier alpha value is -1.35. The highest BCUT2D eigenvalue weighted by atomic mass is 16.5. The Morgan fingerprint density at radius 2 is 2.36 bits per heavy atom. The van der Waals surface area contributed by atoms with Crippen molar-refractivity contribution < 1.29 is 4.74 Å². The summed E-state index contributed by atoms with van der Waals surface area (Å²) in [5.74, 6) is 0.670. The smallest absolute Gasteiger partial charge is 0.213 e. The molecule has 0 aromatic carbocycles. The van der Waals surface area contributed by atoms with Gasteiger partial charge in [-0.2, -0.15) is 0 Å². The van der Waals surface area contributed by atoms with Crippen molar-refractivity contribution in [1.82, 2.24) is 4.98 Å². The first kappa shape index (κ1) is 10.7. The third kappa shape index (κ3) is 3.58. The van der Waals surface area contributed by atoms with Gasteiger partial charge in [-0.25, -0.2) is 4.98 Å². The Morgan fingerprint density at radius 3 is 2.93 bits per heavy atom. The van der Waals surface area contributed by atoms with E-state index in [-0.39, 0.29) is 0 Å². The Balaban J connectivity index is 2.54. The molecule has 76 valence electrons. The van der Waals surface area contributed by atoms with Gasteiger partial charge in [-0.1, -0.05) is 12.2 Å². The minimum atomic E-state index is 0.648. The maximum Gasteiger partial charge on any atom is 0.213 e. The van der Waals surface area contributed by atoms with Crippen LogP contribution in [0.3, 0.4) is 0 Å². The van der Waals surface area contributed by atoms with E-state index in [9.17, 15) is 0 Å². The van der Waals surface area contributed by atoms with Crippen molar-refractivity contribution >= 4 is 6.08 Å². The van der Waals surface area contributed by atoms with E-state index < -0.39 is 0 Å². The molecular formula is C11H16N2O. The summed E-state index contributed by atoms with van der Waals surface area (Å²) in [5.41, 5.74) is 6.44. The van der Waals surface area contributed by atoms with Crippen LogP contribution in [-0.4, -0.2) is 18.1 Å². The van der Waals surface area contributed by atoms with Gasteiger partial charge in [0, 0.05) is 12.3 Å². The summed E-state index contributed by atoms with van der Waals surface area (Å²) >= 11 is 0. The van der Waals surface area contributed by atoms with Gasteiger partial charge in [0.25, 0.3) is 0 Å². The van der Waals surface area contributed by atoms with Crippen molar-refractivity contribution in [3.8, 4) is 5.88 Å². The predicted molar refractivity (Wildman–Crippen MR) is 58.1 cm³/mol. The number of aromatic nitrogens is 1. The normalized spacial score (nSPS) is 10.7. The van der Waals surface area contributed by atoms with Gasteiger partial charge in [0.15, 0.2) is 0 Å². The summed E-state index contributed by atoms with van der Waals surface area (Å²) < 4.78 is 5.23. The van der Waals surface area contributed by atoms with Crippen LogP contribution in [-0.2, 0) is 0 Å². The molecule has 3 heteroatoms. The topological polar surface area (TPSA) is 48.1 Å². The molecule has 0 unspecified atom stereocenters. The fourth-order valence-corrected chi connectivity index (χ4v) is 1.04. The number of nitrogens with zero attached hydrogens (tertiary/aromatic N) is 1. The molecule has 1 heterocycles. The maximum atomic E-state index is 5.37. The molecule has 0 aliphatic carbocycles. The zero-order valence-corrected chi connectivity index (χ0v) is 8.44. The van der Waals surface area contributed by atoms with Gasteiger partial charge in [0.1, 0.15) is 0 Å². The number of rotatable bonds is 5. The van der Waals surface area contributed by atoms with E-state index >= 15 is 0 Å². The molecule has 14 heavy (non-hydrogen) atoms. The molecule has 0 aliphatic rings. The molecule has 0 atom stereocenters. The molecule has 2 N–H and O–H groups in total. The molecule has 0 aliphatic heterocycles. The quantitative estimate of drug-likeness (QED) is 0.774. The van der Waals surface area contributed by atoms with Crippen LogP contribution < -0.4 is 10.5 Å². The van der Waals surface area contributed by atoms with Gasteiger partial charge in [-0.3, -0.25) is 0 Å². The Morgan fingerprint density at radius 1 is 1.50 bits per heavy atom. The van der Waals surface area contributed by atoms with Crippen LogP contribution in [0.5, 0.6) is 5.88 Å². The van der Waals surface area contributed by atoms with Crippen LogP contribution in [0.25, 0.3) is 6.08 Å². The second-order valence-electron chi connectivity index (χ2n) is 2.84. The van der Waals surface area contributed by atoms with Crippen LogP contribution in [0.4, 0.5) is 0 Å². The highest BCUT2D eigenvalue weighted by molar-refractivity contribution is 5.48. The van der Waals surface area contributed by atoms with Crippen molar-refractivity contribution in [2.24, 2.45) is 5.73 Å². The predicted octanol–water partition coefficient (Wildman–Crippen LogP) is 1.84. The van der Waals surface area contributed by atoms with Gasteiger partial charge in [0.2, 0.25) is 5.88 Å². The fraction of sp³-hybridized carbons (Fsp3) is 0.364. The van der Waals surface area contributed by atoms with Crippen LogP contribution in [0.2, 0.25) is 0 Å². The summed E-state index contributed by atoms with van der Waals surface area (Å²) in [7, 11) is 0. The molecule has 1 aromatic heterocycles. The number of nitrogens with two attached hydrogens (primary N) is 1.